The summed E-state index contributed by atoms with van der Waals surface area (Å²) in [5, 5.41) is 3.86. The van der Waals surface area contributed by atoms with E-state index >= 15 is 0 Å². The lowest BCUT2D eigenvalue weighted by molar-refractivity contribution is 0.319. The molecule has 0 radical (unpaired) electrons. The molecule has 1 fully saturated rings. The van der Waals surface area contributed by atoms with E-state index in [1.807, 2.05) is 0 Å². The quantitative estimate of drug-likeness (QED) is 0.668. The first kappa shape index (κ1) is 13.0. The van der Waals surface area contributed by atoms with E-state index in [0.29, 0.717) is 0 Å². The van der Waals surface area contributed by atoms with Crippen LogP contribution in [0, 0.1) is 5.92 Å². The van der Waals surface area contributed by atoms with Gasteiger partial charge in [-0.05, 0) is 38.5 Å². The number of nitrogens with one attached hydrogen (secondary N) is 1. The first-order valence-electron chi connectivity index (χ1n) is 7.04. The van der Waals surface area contributed by atoms with Gasteiger partial charge in [-0.1, -0.05) is 39.5 Å². The third-order valence-electron chi connectivity index (χ3n) is 3.88. The second-order valence-electron chi connectivity index (χ2n) is 5.27. The molecular weight excluding hydrogens is 182 g/mol. The van der Waals surface area contributed by atoms with E-state index in [1.54, 1.807) is 0 Å². The lowest BCUT2D eigenvalue weighted by Gasteiger charge is -2.26. The molecular formula is C14H29N. The van der Waals surface area contributed by atoms with Crippen LogP contribution >= 0.6 is 0 Å². The Bertz CT molecular complexity index is 143. The maximum absolute atomic E-state index is 3.86. The van der Waals surface area contributed by atoms with Crippen LogP contribution in [0.3, 0.4) is 0 Å². The zero-order valence-corrected chi connectivity index (χ0v) is 10.9. The highest BCUT2D eigenvalue weighted by molar-refractivity contribution is 4.80. The second kappa shape index (κ2) is 7.27. The molecule has 1 saturated carbocycles. The predicted molar refractivity (Wildman–Crippen MR) is 68.2 cm³/mol. The SMILES string of the molecule is CCCC(CCC)NC(C)C1CCCC1. The maximum atomic E-state index is 3.86. The first-order chi connectivity index (χ1) is 7.27. The Hall–Kier alpha value is -0.0400. The van der Waals surface area contributed by atoms with Crippen LogP contribution in [0.5, 0.6) is 0 Å². The standard InChI is InChI=1S/C14H29N/c1-4-8-14(9-5-2)15-12(3)13-10-6-7-11-13/h12-15H,4-11H2,1-3H3. The van der Waals surface area contributed by atoms with Crippen LogP contribution < -0.4 is 5.32 Å². The molecule has 0 heterocycles. The van der Waals surface area contributed by atoms with Gasteiger partial charge in [0.15, 0.2) is 0 Å². The average molecular weight is 211 g/mol. The Morgan fingerprint density at radius 2 is 1.60 bits per heavy atom. The van der Waals surface area contributed by atoms with Gasteiger partial charge in [0.25, 0.3) is 0 Å². The Kier molecular flexibility index (Phi) is 6.31. The van der Waals surface area contributed by atoms with Crippen LogP contribution in [0.25, 0.3) is 0 Å². The minimum atomic E-state index is 0.746. The highest BCUT2D eigenvalue weighted by Gasteiger charge is 2.22. The molecule has 1 heteroatoms. The molecule has 90 valence electrons. The fourth-order valence-corrected chi connectivity index (χ4v) is 2.97. The van der Waals surface area contributed by atoms with Gasteiger partial charge in [0.2, 0.25) is 0 Å². The normalized spacial score (nSPS) is 20.0. The van der Waals surface area contributed by atoms with Gasteiger partial charge < -0.3 is 5.32 Å². The van der Waals surface area contributed by atoms with Crippen LogP contribution in [-0.4, -0.2) is 12.1 Å². The van der Waals surface area contributed by atoms with Crippen LogP contribution in [-0.2, 0) is 0 Å². The molecule has 0 aromatic heterocycles. The third kappa shape index (κ3) is 4.55. The van der Waals surface area contributed by atoms with Crippen molar-refractivity contribution in [3.05, 3.63) is 0 Å². The van der Waals surface area contributed by atoms with E-state index in [-0.39, 0.29) is 0 Å². The first-order valence-corrected chi connectivity index (χ1v) is 7.04. The molecule has 1 aliphatic carbocycles. The summed E-state index contributed by atoms with van der Waals surface area (Å²) >= 11 is 0. The molecule has 15 heavy (non-hydrogen) atoms. The predicted octanol–water partition coefficient (Wildman–Crippen LogP) is 4.12. The molecule has 1 N–H and O–H groups in total. The average Bonchev–Trinajstić information content (AvgIpc) is 2.71. The van der Waals surface area contributed by atoms with E-state index in [1.165, 1.54) is 51.4 Å². The van der Waals surface area contributed by atoms with Gasteiger partial charge in [-0.15, -0.1) is 0 Å². The molecule has 1 atom stereocenters. The molecule has 1 unspecified atom stereocenters. The van der Waals surface area contributed by atoms with Crippen molar-refractivity contribution in [2.75, 3.05) is 0 Å². The summed E-state index contributed by atoms with van der Waals surface area (Å²) in [6.45, 7) is 6.99. The summed E-state index contributed by atoms with van der Waals surface area (Å²) in [4.78, 5) is 0. The summed E-state index contributed by atoms with van der Waals surface area (Å²) in [6, 6.07) is 1.52. The number of hydrogen-bond donors (Lipinski definition) is 1. The summed E-state index contributed by atoms with van der Waals surface area (Å²) in [5.41, 5.74) is 0. The highest BCUT2D eigenvalue weighted by atomic mass is 14.9. The van der Waals surface area contributed by atoms with E-state index in [2.05, 4.69) is 26.1 Å². The molecule has 0 aliphatic heterocycles. The van der Waals surface area contributed by atoms with Gasteiger partial charge in [-0.3, -0.25) is 0 Å². The van der Waals surface area contributed by atoms with Crippen LogP contribution in [0.4, 0.5) is 0 Å². The Balaban J connectivity index is 2.28. The van der Waals surface area contributed by atoms with Crippen molar-refractivity contribution in [3.63, 3.8) is 0 Å². The van der Waals surface area contributed by atoms with Crippen molar-refractivity contribution in [2.24, 2.45) is 5.92 Å². The van der Waals surface area contributed by atoms with Gasteiger partial charge in [-0.25, -0.2) is 0 Å². The topological polar surface area (TPSA) is 12.0 Å². The van der Waals surface area contributed by atoms with Crippen molar-refractivity contribution < 1.29 is 0 Å². The molecule has 0 amide bonds. The lowest BCUT2D eigenvalue weighted by Crippen LogP contribution is -2.40. The Morgan fingerprint density at radius 1 is 1.07 bits per heavy atom. The number of rotatable bonds is 7. The fourth-order valence-electron chi connectivity index (χ4n) is 2.97. The van der Waals surface area contributed by atoms with Gasteiger partial charge in [0.05, 0.1) is 0 Å². The van der Waals surface area contributed by atoms with Crippen molar-refractivity contribution in [3.8, 4) is 0 Å². The molecule has 1 nitrogen and oxygen atoms in total. The maximum Gasteiger partial charge on any atom is 0.00695 e. The number of hydrogen-bond acceptors (Lipinski definition) is 1. The van der Waals surface area contributed by atoms with Gasteiger partial charge >= 0.3 is 0 Å². The summed E-state index contributed by atoms with van der Waals surface area (Å²) < 4.78 is 0. The molecule has 0 aromatic rings. The van der Waals surface area contributed by atoms with Gasteiger partial charge in [-0.2, -0.15) is 0 Å². The van der Waals surface area contributed by atoms with Crippen molar-refractivity contribution in [2.45, 2.75) is 84.2 Å². The van der Waals surface area contributed by atoms with Crippen LogP contribution in [0.15, 0.2) is 0 Å². The largest absolute Gasteiger partial charge is 0.311 e. The van der Waals surface area contributed by atoms with Crippen molar-refractivity contribution in [1.82, 2.24) is 5.32 Å². The summed E-state index contributed by atoms with van der Waals surface area (Å²) in [5.74, 6) is 0.959. The van der Waals surface area contributed by atoms with Gasteiger partial charge in [0, 0.05) is 12.1 Å². The third-order valence-corrected chi connectivity index (χ3v) is 3.88. The Labute approximate surface area is 96.0 Å². The lowest BCUT2D eigenvalue weighted by atomic mass is 9.97. The van der Waals surface area contributed by atoms with E-state index in [4.69, 9.17) is 0 Å². The van der Waals surface area contributed by atoms with Crippen LogP contribution in [0.1, 0.15) is 72.1 Å². The Morgan fingerprint density at radius 3 is 2.07 bits per heavy atom. The van der Waals surface area contributed by atoms with E-state index < -0.39 is 0 Å². The zero-order valence-electron chi connectivity index (χ0n) is 10.9. The highest BCUT2D eigenvalue weighted by Crippen LogP contribution is 2.28. The zero-order chi connectivity index (χ0) is 11.1. The van der Waals surface area contributed by atoms with Crippen molar-refractivity contribution in [1.29, 1.82) is 0 Å². The van der Waals surface area contributed by atoms with Crippen LogP contribution in [0.2, 0.25) is 0 Å². The van der Waals surface area contributed by atoms with Crippen molar-refractivity contribution >= 4 is 0 Å². The summed E-state index contributed by atoms with van der Waals surface area (Å²) in [6.07, 6.45) is 11.2. The second-order valence-corrected chi connectivity index (χ2v) is 5.27. The molecule has 1 rings (SSSR count). The summed E-state index contributed by atoms with van der Waals surface area (Å²) in [7, 11) is 0. The van der Waals surface area contributed by atoms with Gasteiger partial charge in [0.1, 0.15) is 0 Å². The molecule has 0 saturated heterocycles. The molecule has 0 bridgehead atoms. The minimum absolute atomic E-state index is 0.746. The smallest absolute Gasteiger partial charge is 0.00695 e. The fraction of sp³-hybridized carbons (Fsp3) is 1.00. The minimum Gasteiger partial charge on any atom is -0.311 e. The molecule has 0 aromatic carbocycles. The molecule has 1 aliphatic rings. The van der Waals surface area contributed by atoms with E-state index in [0.717, 1.165) is 18.0 Å². The monoisotopic (exact) mass is 211 g/mol. The molecule has 0 spiro atoms. The van der Waals surface area contributed by atoms with E-state index in [9.17, 15) is 0 Å².